The summed E-state index contributed by atoms with van der Waals surface area (Å²) in [6, 6.07) is 7.84. The molecule has 0 radical (unpaired) electrons. The molecule has 6 nitrogen and oxygen atoms in total. The molecule has 1 aliphatic heterocycles. The first-order valence-electron chi connectivity index (χ1n) is 9.02. The lowest BCUT2D eigenvalue weighted by atomic mass is 9.86. The van der Waals surface area contributed by atoms with Gasteiger partial charge in [-0.05, 0) is 29.9 Å². The van der Waals surface area contributed by atoms with Crippen molar-refractivity contribution in [2.24, 2.45) is 0 Å². The summed E-state index contributed by atoms with van der Waals surface area (Å²) >= 11 is 0. The normalized spacial score (nSPS) is 17.1. The van der Waals surface area contributed by atoms with Crippen LogP contribution in [0, 0.1) is 0 Å². The molecule has 2 aromatic rings. The van der Waals surface area contributed by atoms with E-state index in [4.69, 9.17) is 4.74 Å². The number of anilines is 2. The van der Waals surface area contributed by atoms with Crippen LogP contribution in [0.15, 0.2) is 36.7 Å². The van der Waals surface area contributed by atoms with Crippen molar-refractivity contribution in [2.75, 3.05) is 23.8 Å². The van der Waals surface area contributed by atoms with Gasteiger partial charge >= 0.3 is 0 Å². The molecule has 0 aliphatic carbocycles. The van der Waals surface area contributed by atoms with Gasteiger partial charge in [0.05, 0.1) is 11.7 Å². The molecule has 6 heteroatoms. The Morgan fingerprint density at radius 1 is 1.23 bits per heavy atom. The standard InChI is InChI=1S/C20H26N4O2/c1-20(2,3)16-8-4-5-9-17(16)24-18(25)14-11-21-19(22-12-14)23-13-15-7-6-10-26-15/h4-5,8-9,11-12,15H,6-7,10,13H2,1-3H3,(H,24,25)(H,21,22,23). The molecule has 1 aromatic heterocycles. The number of hydrogen-bond donors (Lipinski definition) is 2. The summed E-state index contributed by atoms with van der Waals surface area (Å²) in [5.41, 5.74) is 2.27. The number of carbonyl (C=O) groups is 1. The van der Waals surface area contributed by atoms with E-state index in [1.165, 1.54) is 0 Å². The largest absolute Gasteiger partial charge is 0.376 e. The Kier molecular flexibility index (Phi) is 5.52. The Bertz CT molecular complexity index is 747. The van der Waals surface area contributed by atoms with Crippen LogP contribution in [-0.4, -0.2) is 35.1 Å². The van der Waals surface area contributed by atoms with Gasteiger partial charge in [0.15, 0.2) is 0 Å². The Labute approximate surface area is 154 Å². The van der Waals surface area contributed by atoms with Crippen molar-refractivity contribution in [1.82, 2.24) is 9.97 Å². The molecule has 1 atom stereocenters. The number of carbonyl (C=O) groups excluding carboxylic acids is 1. The molecule has 1 fully saturated rings. The summed E-state index contributed by atoms with van der Waals surface area (Å²) in [6.07, 6.45) is 5.46. The SMILES string of the molecule is CC(C)(C)c1ccccc1NC(=O)c1cnc(NCC2CCCO2)nc1. The average molecular weight is 354 g/mol. The van der Waals surface area contributed by atoms with Crippen LogP contribution < -0.4 is 10.6 Å². The van der Waals surface area contributed by atoms with Crippen LogP contribution in [-0.2, 0) is 10.2 Å². The molecule has 0 bridgehead atoms. The molecule has 1 saturated heterocycles. The van der Waals surface area contributed by atoms with Crippen LogP contribution in [0.5, 0.6) is 0 Å². The highest BCUT2D eigenvalue weighted by Crippen LogP contribution is 2.29. The highest BCUT2D eigenvalue weighted by molar-refractivity contribution is 6.04. The van der Waals surface area contributed by atoms with Gasteiger partial charge in [-0.15, -0.1) is 0 Å². The van der Waals surface area contributed by atoms with E-state index >= 15 is 0 Å². The van der Waals surface area contributed by atoms with Crippen molar-refractivity contribution in [2.45, 2.75) is 45.1 Å². The number of para-hydroxylation sites is 1. The van der Waals surface area contributed by atoms with Gasteiger partial charge in [0, 0.05) is 31.2 Å². The van der Waals surface area contributed by atoms with Gasteiger partial charge in [-0.25, -0.2) is 9.97 Å². The van der Waals surface area contributed by atoms with Crippen molar-refractivity contribution in [1.29, 1.82) is 0 Å². The topological polar surface area (TPSA) is 76.1 Å². The van der Waals surface area contributed by atoms with Crippen molar-refractivity contribution in [3.05, 3.63) is 47.8 Å². The van der Waals surface area contributed by atoms with Crippen LogP contribution in [0.2, 0.25) is 0 Å². The summed E-state index contributed by atoms with van der Waals surface area (Å²) in [5, 5.41) is 6.12. The molecule has 1 amide bonds. The Morgan fingerprint density at radius 2 is 1.96 bits per heavy atom. The molecular weight excluding hydrogens is 328 g/mol. The molecule has 1 aromatic carbocycles. The second-order valence-electron chi connectivity index (χ2n) is 7.56. The molecule has 1 aliphatic rings. The van der Waals surface area contributed by atoms with Gasteiger partial charge in [-0.3, -0.25) is 4.79 Å². The molecule has 138 valence electrons. The Morgan fingerprint density at radius 3 is 2.62 bits per heavy atom. The number of amides is 1. The van der Waals surface area contributed by atoms with E-state index < -0.39 is 0 Å². The monoisotopic (exact) mass is 354 g/mol. The lowest BCUT2D eigenvalue weighted by molar-refractivity contribution is 0.102. The fourth-order valence-electron chi connectivity index (χ4n) is 2.99. The maximum Gasteiger partial charge on any atom is 0.258 e. The number of hydrogen-bond acceptors (Lipinski definition) is 5. The zero-order chi connectivity index (χ0) is 18.6. The molecule has 26 heavy (non-hydrogen) atoms. The van der Waals surface area contributed by atoms with Crippen molar-refractivity contribution in [3.63, 3.8) is 0 Å². The second kappa shape index (κ2) is 7.83. The first-order chi connectivity index (χ1) is 12.4. The van der Waals surface area contributed by atoms with Gasteiger partial charge < -0.3 is 15.4 Å². The number of ether oxygens (including phenoxy) is 1. The van der Waals surface area contributed by atoms with E-state index in [1.807, 2.05) is 24.3 Å². The second-order valence-corrected chi connectivity index (χ2v) is 7.56. The third-order valence-electron chi connectivity index (χ3n) is 4.41. The Hall–Kier alpha value is -2.47. The van der Waals surface area contributed by atoms with E-state index in [9.17, 15) is 4.79 Å². The molecule has 1 unspecified atom stereocenters. The zero-order valence-corrected chi connectivity index (χ0v) is 15.6. The fraction of sp³-hybridized carbons (Fsp3) is 0.450. The smallest absolute Gasteiger partial charge is 0.258 e. The quantitative estimate of drug-likeness (QED) is 0.858. The predicted octanol–water partition coefficient (Wildman–Crippen LogP) is 3.62. The van der Waals surface area contributed by atoms with E-state index in [1.54, 1.807) is 12.4 Å². The van der Waals surface area contributed by atoms with E-state index in [0.717, 1.165) is 30.7 Å². The van der Waals surface area contributed by atoms with E-state index in [2.05, 4.69) is 41.4 Å². The lowest BCUT2D eigenvalue weighted by Gasteiger charge is -2.23. The minimum absolute atomic E-state index is 0.0591. The maximum absolute atomic E-state index is 12.5. The molecule has 0 spiro atoms. The van der Waals surface area contributed by atoms with Crippen LogP contribution in [0.4, 0.5) is 11.6 Å². The molecular formula is C20H26N4O2. The van der Waals surface area contributed by atoms with E-state index in [-0.39, 0.29) is 17.4 Å². The number of benzene rings is 1. The number of nitrogens with one attached hydrogen (secondary N) is 2. The minimum Gasteiger partial charge on any atom is -0.376 e. The molecule has 0 saturated carbocycles. The highest BCUT2D eigenvalue weighted by Gasteiger charge is 2.19. The van der Waals surface area contributed by atoms with Crippen LogP contribution >= 0.6 is 0 Å². The van der Waals surface area contributed by atoms with E-state index in [0.29, 0.717) is 18.1 Å². The maximum atomic E-state index is 12.5. The van der Waals surface area contributed by atoms with Gasteiger partial charge in [-0.2, -0.15) is 0 Å². The van der Waals surface area contributed by atoms with Crippen LogP contribution in [0.1, 0.15) is 49.5 Å². The zero-order valence-electron chi connectivity index (χ0n) is 15.6. The number of nitrogens with zero attached hydrogens (tertiary/aromatic N) is 2. The Balaban J connectivity index is 1.63. The van der Waals surface area contributed by atoms with Crippen molar-refractivity contribution in [3.8, 4) is 0 Å². The fourth-order valence-corrected chi connectivity index (χ4v) is 2.99. The minimum atomic E-state index is -0.215. The third-order valence-corrected chi connectivity index (χ3v) is 4.41. The van der Waals surface area contributed by atoms with Gasteiger partial charge in [0.25, 0.3) is 5.91 Å². The summed E-state index contributed by atoms with van der Waals surface area (Å²) < 4.78 is 5.56. The lowest BCUT2D eigenvalue weighted by Crippen LogP contribution is -2.21. The number of aromatic nitrogens is 2. The summed E-state index contributed by atoms with van der Waals surface area (Å²) in [7, 11) is 0. The number of rotatable bonds is 5. The molecule has 2 N–H and O–H groups in total. The van der Waals surface area contributed by atoms with Gasteiger partial charge in [0.1, 0.15) is 0 Å². The first-order valence-corrected chi connectivity index (χ1v) is 9.02. The predicted molar refractivity (Wildman–Crippen MR) is 103 cm³/mol. The van der Waals surface area contributed by atoms with Gasteiger partial charge in [-0.1, -0.05) is 39.0 Å². The highest BCUT2D eigenvalue weighted by atomic mass is 16.5. The van der Waals surface area contributed by atoms with Crippen LogP contribution in [0.25, 0.3) is 0 Å². The van der Waals surface area contributed by atoms with Gasteiger partial charge in [0.2, 0.25) is 5.95 Å². The molecule has 2 heterocycles. The third kappa shape index (κ3) is 4.58. The summed E-state index contributed by atoms with van der Waals surface area (Å²) in [6.45, 7) is 7.87. The molecule has 3 rings (SSSR count). The average Bonchev–Trinajstić information content (AvgIpc) is 3.13. The van der Waals surface area contributed by atoms with Crippen molar-refractivity contribution < 1.29 is 9.53 Å². The first kappa shape index (κ1) is 18.3. The van der Waals surface area contributed by atoms with Crippen LogP contribution in [0.3, 0.4) is 0 Å². The summed E-state index contributed by atoms with van der Waals surface area (Å²) in [5.74, 6) is 0.291. The van der Waals surface area contributed by atoms with Crippen molar-refractivity contribution >= 4 is 17.5 Å². The summed E-state index contributed by atoms with van der Waals surface area (Å²) in [4.78, 5) is 21.0.